The highest BCUT2D eigenvalue weighted by Crippen LogP contribution is 2.33. The number of carbonyl (C=O) groups excluding carboxylic acids is 1. The number of alkyl carbamates (subject to hydrolysis) is 1. The fourth-order valence-electron chi connectivity index (χ4n) is 2.66. The topological polar surface area (TPSA) is 86.5 Å². The summed E-state index contributed by atoms with van der Waals surface area (Å²) < 4.78 is 14.7. The molecular formula is C15H17N3O4. The van der Waals surface area contributed by atoms with Gasteiger partial charge in [0.25, 0.3) is 5.89 Å². The quantitative estimate of drug-likeness (QED) is 0.932. The maximum absolute atomic E-state index is 11.4. The molecule has 0 saturated carbocycles. The Kier molecular flexibility index (Phi) is 4.06. The van der Waals surface area contributed by atoms with Crippen LogP contribution >= 0.6 is 0 Å². The van der Waals surface area contributed by atoms with E-state index in [0.29, 0.717) is 18.3 Å². The Morgan fingerprint density at radius 2 is 2.32 bits per heavy atom. The summed E-state index contributed by atoms with van der Waals surface area (Å²) in [6.07, 6.45) is 1.33. The first-order chi connectivity index (χ1) is 10.7. The number of benzene rings is 1. The van der Waals surface area contributed by atoms with Crippen molar-refractivity contribution in [1.29, 1.82) is 0 Å². The van der Waals surface area contributed by atoms with Gasteiger partial charge < -0.3 is 19.3 Å². The maximum Gasteiger partial charge on any atom is 0.407 e. The Morgan fingerprint density at radius 1 is 1.45 bits per heavy atom. The zero-order valence-corrected chi connectivity index (χ0v) is 12.5. The highest BCUT2D eigenvalue weighted by atomic mass is 16.5. The molecule has 1 heterocycles. The third kappa shape index (κ3) is 2.80. The van der Waals surface area contributed by atoms with E-state index in [1.54, 1.807) is 7.11 Å². The highest BCUT2D eigenvalue weighted by Gasteiger charge is 2.25. The lowest BCUT2D eigenvalue weighted by Crippen LogP contribution is -2.26. The number of hydrogen-bond donors (Lipinski definition) is 1. The molecule has 0 fully saturated rings. The van der Waals surface area contributed by atoms with E-state index in [1.807, 2.05) is 18.2 Å². The minimum Gasteiger partial charge on any atom is -0.453 e. The lowest BCUT2D eigenvalue weighted by Gasteiger charge is -2.13. The van der Waals surface area contributed by atoms with Crippen molar-refractivity contribution in [1.82, 2.24) is 15.5 Å². The smallest absolute Gasteiger partial charge is 0.407 e. The number of carbonyl (C=O) groups is 1. The van der Waals surface area contributed by atoms with Crippen LogP contribution in [0.2, 0.25) is 0 Å². The van der Waals surface area contributed by atoms with Crippen molar-refractivity contribution < 1.29 is 18.8 Å². The van der Waals surface area contributed by atoms with Crippen LogP contribution in [0.4, 0.5) is 4.79 Å². The van der Waals surface area contributed by atoms with Gasteiger partial charge in [-0.05, 0) is 30.0 Å². The molecule has 1 N–H and O–H groups in total. The van der Waals surface area contributed by atoms with Gasteiger partial charge in [-0.25, -0.2) is 4.79 Å². The van der Waals surface area contributed by atoms with E-state index in [9.17, 15) is 4.79 Å². The zero-order chi connectivity index (χ0) is 15.5. The van der Waals surface area contributed by atoms with Gasteiger partial charge in [0, 0.05) is 12.7 Å². The molecule has 0 bridgehead atoms. The van der Waals surface area contributed by atoms with Crippen LogP contribution < -0.4 is 5.32 Å². The van der Waals surface area contributed by atoms with Crippen molar-refractivity contribution in [3.63, 3.8) is 0 Å². The molecule has 1 atom stereocenters. The van der Waals surface area contributed by atoms with Crippen LogP contribution in [0.25, 0.3) is 11.4 Å². The predicted octanol–water partition coefficient (Wildman–Crippen LogP) is 2.23. The average molecular weight is 303 g/mol. The number of amides is 1. The summed E-state index contributed by atoms with van der Waals surface area (Å²) in [5.41, 5.74) is 3.18. The molecule has 2 aromatic rings. The van der Waals surface area contributed by atoms with Crippen LogP contribution in [0.15, 0.2) is 22.7 Å². The second-order valence-corrected chi connectivity index (χ2v) is 5.09. The molecule has 22 heavy (non-hydrogen) atoms. The van der Waals surface area contributed by atoms with Gasteiger partial charge in [0.05, 0.1) is 13.2 Å². The van der Waals surface area contributed by atoms with Gasteiger partial charge in [-0.1, -0.05) is 17.3 Å². The molecule has 0 radical (unpaired) electrons. The summed E-state index contributed by atoms with van der Waals surface area (Å²) in [7, 11) is 2.94. The van der Waals surface area contributed by atoms with Crippen LogP contribution in [0, 0.1) is 0 Å². The number of aryl methyl sites for hydroxylation is 1. The maximum atomic E-state index is 11.4. The molecule has 1 aliphatic carbocycles. The number of hydrogen-bond acceptors (Lipinski definition) is 6. The number of nitrogens with one attached hydrogen (secondary N) is 1. The second kappa shape index (κ2) is 6.15. The average Bonchev–Trinajstić information content (AvgIpc) is 3.14. The Bertz CT molecular complexity index is 683. The SMILES string of the molecule is COCc1nc(-c2ccc3c(c2)CC[C@H]3NC(=O)OC)no1. The van der Waals surface area contributed by atoms with E-state index in [1.165, 1.54) is 12.7 Å². The standard InChI is InChI=1S/C15H17N3O4/c1-20-8-13-17-14(18-22-13)10-3-5-11-9(7-10)4-6-12(11)16-15(19)21-2/h3,5,7,12H,4,6,8H2,1-2H3,(H,16,19)/t12-/m1/s1. The fourth-order valence-corrected chi connectivity index (χ4v) is 2.66. The largest absolute Gasteiger partial charge is 0.453 e. The van der Waals surface area contributed by atoms with E-state index >= 15 is 0 Å². The van der Waals surface area contributed by atoms with E-state index < -0.39 is 6.09 Å². The first-order valence-corrected chi connectivity index (χ1v) is 7.00. The number of rotatable bonds is 4. The molecule has 0 saturated heterocycles. The highest BCUT2D eigenvalue weighted by molar-refractivity contribution is 5.68. The second-order valence-electron chi connectivity index (χ2n) is 5.09. The van der Waals surface area contributed by atoms with Crippen LogP contribution in [-0.2, 0) is 22.5 Å². The van der Waals surface area contributed by atoms with Crippen molar-refractivity contribution in [3.8, 4) is 11.4 Å². The number of aromatic nitrogens is 2. The van der Waals surface area contributed by atoms with Gasteiger partial charge >= 0.3 is 6.09 Å². The third-order valence-corrected chi connectivity index (χ3v) is 3.69. The Labute approximate surface area is 127 Å². The molecule has 0 spiro atoms. The summed E-state index contributed by atoms with van der Waals surface area (Å²) in [6, 6.07) is 5.95. The summed E-state index contributed by atoms with van der Waals surface area (Å²) in [5.74, 6) is 0.988. The van der Waals surface area contributed by atoms with Gasteiger partial charge in [-0.15, -0.1) is 0 Å². The van der Waals surface area contributed by atoms with E-state index in [-0.39, 0.29) is 6.04 Å². The van der Waals surface area contributed by atoms with Crippen molar-refractivity contribution >= 4 is 6.09 Å². The lowest BCUT2D eigenvalue weighted by atomic mass is 10.0. The molecular weight excluding hydrogens is 286 g/mol. The zero-order valence-electron chi connectivity index (χ0n) is 12.5. The normalized spacial score (nSPS) is 16.4. The van der Waals surface area contributed by atoms with Crippen LogP contribution in [0.5, 0.6) is 0 Å². The van der Waals surface area contributed by atoms with Crippen molar-refractivity contribution in [2.45, 2.75) is 25.5 Å². The molecule has 1 aliphatic rings. The molecule has 0 aliphatic heterocycles. The molecule has 7 nitrogen and oxygen atoms in total. The molecule has 7 heteroatoms. The summed E-state index contributed by atoms with van der Waals surface area (Å²) >= 11 is 0. The summed E-state index contributed by atoms with van der Waals surface area (Å²) in [4.78, 5) is 15.6. The molecule has 1 aromatic carbocycles. The van der Waals surface area contributed by atoms with Crippen molar-refractivity contribution in [2.75, 3.05) is 14.2 Å². The number of nitrogens with zero attached hydrogens (tertiary/aromatic N) is 2. The number of methoxy groups -OCH3 is 2. The minimum atomic E-state index is -0.413. The lowest BCUT2D eigenvalue weighted by molar-refractivity contribution is 0.151. The third-order valence-electron chi connectivity index (χ3n) is 3.69. The number of ether oxygens (including phenoxy) is 2. The summed E-state index contributed by atoms with van der Waals surface area (Å²) in [6.45, 7) is 0.295. The van der Waals surface area contributed by atoms with Crippen molar-refractivity contribution in [2.24, 2.45) is 0 Å². The Hall–Kier alpha value is -2.41. The van der Waals surface area contributed by atoms with Crippen LogP contribution in [0.1, 0.15) is 29.5 Å². The van der Waals surface area contributed by atoms with E-state index in [2.05, 4.69) is 20.2 Å². The molecule has 116 valence electrons. The van der Waals surface area contributed by atoms with Gasteiger partial charge in [-0.2, -0.15) is 4.98 Å². The molecule has 0 unspecified atom stereocenters. The molecule has 1 aromatic heterocycles. The monoisotopic (exact) mass is 303 g/mol. The van der Waals surface area contributed by atoms with Gasteiger partial charge in [0.15, 0.2) is 0 Å². The van der Waals surface area contributed by atoms with Gasteiger partial charge in [0.2, 0.25) is 5.82 Å². The van der Waals surface area contributed by atoms with E-state index in [0.717, 1.165) is 24.0 Å². The Balaban J connectivity index is 1.81. The van der Waals surface area contributed by atoms with Gasteiger partial charge in [0.1, 0.15) is 6.61 Å². The Morgan fingerprint density at radius 3 is 3.09 bits per heavy atom. The first kappa shape index (κ1) is 14.5. The van der Waals surface area contributed by atoms with Crippen LogP contribution in [0.3, 0.4) is 0 Å². The molecule has 3 rings (SSSR count). The van der Waals surface area contributed by atoms with Crippen LogP contribution in [-0.4, -0.2) is 30.5 Å². The minimum absolute atomic E-state index is 0.00850. The fraction of sp³-hybridized carbons (Fsp3) is 0.400. The van der Waals surface area contributed by atoms with E-state index in [4.69, 9.17) is 9.26 Å². The first-order valence-electron chi connectivity index (χ1n) is 7.00. The predicted molar refractivity (Wildman–Crippen MR) is 77.0 cm³/mol. The van der Waals surface area contributed by atoms with Gasteiger partial charge in [-0.3, -0.25) is 0 Å². The number of fused-ring (bicyclic) bond motifs is 1. The van der Waals surface area contributed by atoms with Crippen molar-refractivity contribution in [3.05, 3.63) is 35.2 Å². The summed E-state index contributed by atoms with van der Waals surface area (Å²) in [5, 5.41) is 6.79. The molecule has 1 amide bonds.